The maximum absolute atomic E-state index is 11.9. The molecule has 0 heterocycles. The van der Waals surface area contributed by atoms with Gasteiger partial charge in [-0.05, 0) is 51.3 Å². The number of amides is 2. The van der Waals surface area contributed by atoms with Gasteiger partial charge in [0.2, 0.25) is 0 Å². The lowest BCUT2D eigenvalue weighted by molar-refractivity contribution is -0.131. The van der Waals surface area contributed by atoms with Crippen LogP contribution in [-0.4, -0.2) is 25.0 Å². The zero-order chi connectivity index (χ0) is 20.5. The van der Waals surface area contributed by atoms with Gasteiger partial charge in [-0.25, -0.2) is 0 Å². The van der Waals surface area contributed by atoms with Crippen LogP contribution in [0.5, 0.6) is 11.5 Å². The number of hydrazine groups is 1. The molecule has 0 saturated carbocycles. The number of nitrogens with one attached hydrogen (secondary N) is 2. The van der Waals surface area contributed by atoms with Crippen LogP contribution in [0.1, 0.15) is 0 Å². The number of para-hydroxylation sites is 1. The molecular weight excluding hydrogens is 436 g/mol. The maximum atomic E-state index is 11.9. The summed E-state index contributed by atoms with van der Waals surface area (Å²) in [6, 6.07) is 24.5. The fourth-order valence-electron chi connectivity index (χ4n) is 2.45. The molecule has 3 rings (SSSR count). The van der Waals surface area contributed by atoms with Gasteiger partial charge in [0.1, 0.15) is 11.5 Å². The van der Waals surface area contributed by atoms with E-state index in [0.29, 0.717) is 11.5 Å². The molecule has 0 radical (unpaired) electrons. The molecule has 29 heavy (non-hydrogen) atoms. The van der Waals surface area contributed by atoms with Crippen LogP contribution in [0.25, 0.3) is 11.1 Å². The van der Waals surface area contributed by atoms with Crippen LogP contribution in [0, 0.1) is 0 Å². The van der Waals surface area contributed by atoms with Gasteiger partial charge in [-0.1, -0.05) is 54.6 Å². The fraction of sp³-hybridized carbons (Fsp3) is 0.0909. The van der Waals surface area contributed by atoms with Crippen molar-refractivity contribution in [2.75, 3.05) is 13.2 Å². The van der Waals surface area contributed by atoms with E-state index in [9.17, 15) is 9.59 Å². The second-order valence-corrected chi connectivity index (χ2v) is 6.85. The van der Waals surface area contributed by atoms with Crippen LogP contribution >= 0.6 is 15.9 Å². The highest BCUT2D eigenvalue weighted by molar-refractivity contribution is 9.10. The molecule has 0 aromatic heterocycles. The van der Waals surface area contributed by atoms with Gasteiger partial charge in [0.05, 0.1) is 4.47 Å². The van der Waals surface area contributed by atoms with Gasteiger partial charge < -0.3 is 9.47 Å². The smallest absolute Gasteiger partial charge is 0.276 e. The number of rotatable bonds is 7. The van der Waals surface area contributed by atoms with Crippen LogP contribution in [-0.2, 0) is 9.59 Å². The van der Waals surface area contributed by atoms with Gasteiger partial charge in [0.15, 0.2) is 13.2 Å². The molecule has 0 aliphatic heterocycles. The van der Waals surface area contributed by atoms with E-state index in [1.807, 2.05) is 48.5 Å². The van der Waals surface area contributed by atoms with Crippen LogP contribution in [0.15, 0.2) is 83.3 Å². The molecule has 0 atom stereocenters. The Hall–Kier alpha value is -3.32. The number of hydrogen-bond donors (Lipinski definition) is 2. The molecule has 0 aliphatic carbocycles. The molecule has 3 aromatic carbocycles. The zero-order valence-electron chi connectivity index (χ0n) is 15.4. The van der Waals surface area contributed by atoms with E-state index in [4.69, 9.17) is 9.47 Å². The standard InChI is InChI=1S/C22H19BrN2O4/c23-19-13-17(16-7-3-1-4-8-16)11-12-20(19)29-15-22(27)25-24-21(26)14-28-18-9-5-2-6-10-18/h1-13H,14-15H2,(H,24,26)(H,25,27). The van der Waals surface area contributed by atoms with E-state index >= 15 is 0 Å². The van der Waals surface area contributed by atoms with E-state index in [0.717, 1.165) is 15.6 Å². The van der Waals surface area contributed by atoms with Gasteiger partial charge in [0.25, 0.3) is 11.8 Å². The first-order chi connectivity index (χ1) is 14.1. The van der Waals surface area contributed by atoms with Crippen molar-refractivity contribution in [3.8, 4) is 22.6 Å². The maximum Gasteiger partial charge on any atom is 0.276 e. The lowest BCUT2D eigenvalue weighted by Gasteiger charge is -2.11. The highest BCUT2D eigenvalue weighted by Crippen LogP contribution is 2.30. The Morgan fingerprint density at radius 3 is 1.93 bits per heavy atom. The molecule has 0 unspecified atom stereocenters. The molecule has 0 spiro atoms. The van der Waals surface area contributed by atoms with E-state index in [-0.39, 0.29) is 13.2 Å². The van der Waals surface area contributed by atoms with Gasteiger partial charge in [0, 0.05) is 0 Å². The van der Waals surface area contributed by atoms with Gasteiger partial charge in [-0.15, -0.1) is 0 Å². The summed E-state index contributed by atoms with van der Waals surface area (Å²) in [4.78, 5) is 23.6. The lowest BCUT2D eigenvalue weighted by atomic mass is 10.1. The second-order valence-electron chi connectivity index (χ2n) is 6.00. The van der Waals surface area contributed by atoms with Gasteiger partial charge in [-0.3, -0.25) is 20.4 Å². The van der Waals surface area contributed by atoms with Crippen molar-refractivity contribution in [1.29, 1.82) is 0 Å². The largest absolute Gasteiger partial charge is 0.484 e. The van der Waals surface area contributed by atoms with E-state index < -0.39 is 11.8 Å². The van der Waals surface area contributed by atoms with Crippen LogP contribution in [0.3, 0.4) is 0 Å². The van der Waals surface area contributed by atoms with E-state index in [1.54, 1.807) is 30.3 Å². The first kappa shape index (κ1) is 20.4. The van der Waals surface area contributed by atoms with Crippen molar-refractivity contribution in [3.05, 3.63) is 83.3 Å². The molecule has 148 valence electrons. The van der Waals surface area contributed by atoms with Gasteiger partial charge >= 0.3 is 0 Å². The topological polar surface area (TPSA) is 76.7 Å². The molecule has 2 amide bonds. The molecular formula is C22H19BrN2O4. The Kier molecular flexibility index (Phi) is 7.24. The summed E-state index contributed by atoms with van der Waals surface area (Å²) in [5, 5.41) is 0. The molecule has 3 aromatic rings. The highest BCUT2D eigenvalue weighted by Gasteiger charge is 2.09. The van der Waals surface area contributed by atoms with E-state index in [2.05, 4.69) is 26.8 Å². The summed E-state index contributed by atoms with van der Waals surface area (Å²) < 4.78 is 11.5. The number of halogens is 1. The van der Waals surface area contributed by atoms with Crippen LogP contribution in [0.4, 0.5) is 0 Å². The van der Waals surface area contributed by atoms with Crippen molar-refractivity contribution in [1.82, 2.24) is 10.9 Å². The Morgan fingerprint density at radius 2 is 1.31 bits per heavy atom. The summed E-state index contributed by atoms with van der Waals surface area (Å²) in [5.41, 5.74) is 6.67. The lowest BCUT2D eigenvalue weighted by Crippen LogP contribution is -2.45. The average Bonchev–Trinajstić information content (AvgIpc) is 2.76. The number of hydrogen-bond acceptors (Lipinski definition) is 4. The minimum Gasteiger partial charge on any atom is -0.484 e. The predicted octanol–water partition coefficient (Wildman–Crippen LogP) is 3.72. The summed E-state index contributed by atoms with van der Waals surface area (Å²) in [5.74, 6) is 0.132. The summed E-state index contributed by atoms with van der Waals surface area (Å²) in [6.07, 6.45) is 0. The third-order valence-corrected chi connectivity index (χ3v) is 4.47. The predicted molar refractivity (Wildman–Crippen MR) is 113 cm³/mol. The molecule has 0 bridgehead atoms. The molecule has 7 heteroatoms. The van der Waals surface area contributed by atoms with Crippen molar-refractivity contribution in [3.63, 3.8) is 0 Å². The molecule has 0 fully saturated rings. The minimum atomic E-state index is -0.489. The molecule has 6 nitrogen and oxygen atoms in total. The third kappa shape index (κ3) is 6.36. The van der Waals surface area contributed by atoms with Crippen molar-refractivity contribution in [2.45, 2.75) is 0 Å². The Balaban J connectivity index is 1.42. The molecule has 0 saturated heterocycles. The summed E-state index contributed by atoms with van der Waals surface area (Å²) in [6.45, 7) is -0.458. The molecule has 2 N–H and O–H groups in total. The monoisotopic (exact) mass is 454 g/mol. The Labute approximate surface area is 176 Å². The summed E-state index contributed by atoms with van der Waals surface area (Å²) >= 11 is 3.46. The third-order valence-electron chi connectivity index (χ3n) is 3.85. The second kappa shape index (κ2) is 10.3. The first-order valence-corrected chi connectivity index (χ1v) is 9.64. The van der Waals surface area contributed by atoms with Crippen molar-refractivity contribution in [2.24, 2.45) is 0 Å². The number of ether oxygens (including phenoxy) is 2. The normalized spacial score (nSPS) is 10.1. The SMILES string of the molecule is O=C(COc1ccccc1)NNC(=O)COc1ccc(-c2ccccc2)cc1Br. The molecule has 0 aliphatic rings. The Bertz CT molecular complexity index is 965. The van der Waals surface area contributed by atoms with Crippen molar-refractivity contribution < 1.29 is 19.1 Å². The van der Waals surface area contributed by atoms with E-state index in [1.165, 1.54) is 0 Å². The number of carbonyl (C=O) groups is 2. The van der Waals surface area contributed by atoms with Crippen LogP contribution in [0.2, 0.25) is 0 Å². The number of carbonyl (C=O) groups excluding carboxylic acids is 2. The fourth-order valence-corrected chi connectivity index (χ4v) is 2.94. The minimum absolute atomic E-state index is 0.211. The van der Waals surface area contributed by atoms with Crippen LogP contribution < -0.4 is 20.3 Å². The summed E-state index contributed by atoms with van der Waals surface area (Å²) in [7, 11) is 0. The highest BCUT2D eigenvalue weighted by atomic mass is 79.9. The van der Waals surface area contributed by atoms with Gasteiger partial charge in [-0.2, -0.15) is 0 Å². The van der Waals surface area contributed by atoms with Crippen molar-refractivity contribution >= 4 is 27.7 Å². The average molecular weight is 455 g/mol. The first-order valence-electron chi connectivity index (χ1n) is 8.85. The zero-order valence-corrected chi connectivity index (χ0v) is 17.0. The number of benzene rings is 3. The Morgan fingerprint density at radius 1 is 0.724 bits per heavy atom. The quantitative estimate of drug-likeness (QED) is 0.533.